The second-order valence-corrected chi connectivity index (χ2v) is 5.35. The summed E-state index contributed by atoms with van der Waals surface area (Å²) in [7, 11) is 1.57. The number of rotatable bonds is 3. The predicted octanol–water partition coefficient (Wildman–Crippen LogP) is 3.09. The van der Waals surface area contributed by atoms with E-state index in [1.54, 1.807) is 49.6 Å². The number of anilines is 1. The molecule has 0 radical (unpaired) electrons. The number of methoxy groups -OCH3 is 1. The Labute approximate surface area is 143 Å². The van der Waals surface area contributed by atoms with Crippen molar-refractivity contribution in [2.24, 2.45) is 5.10 Å². The SMILES string of the molecule is COc1ccc(NC(=O)N/N=c2\cc(C)c3ccc(O)cc3o2)cc1. The zero-order valence-electron chi connectivity index (χ0n) is 13.7. The molecule has 0 aliphatic rings. The van der Waals surface area contributed by atoms with Crippen molar-refractivity contribution in [1.29, 1.82) is 0 Å². The fourth-order valence-electron chi connectivity index (χ4n) is 2.32. The molecular weight excluding hydrogens is 322 g/mol. The third kappa shape index (κ3) is 3.89. The van der Waals surface area contributed by atoms with Crippen LogP contribution in [0.3, 0.4) is 0 Å². The van der Waals surface area contributed by atoms with Crippen molar-refractivity contribution in [2.45, 2.75) is 6.92 Å². The zero-order valence-corrected chi connectivity index (χ0v) is 13.7. The first-order valence-electron chi connectivity index (χ1n) is 7.53. The summed E-state index contributed by atoms with van der Waals surface area (Å²) in [6.07, 6.45) is 0. The van der Waals surface area contributed by atoms with Crippen LogP contribution in [0.5, 0.6) is 11.5 Å². The fraction of sp³-hybridized carbons (Fsp3) is 0.111. The predicted molar refractivity (Wildman–Crippen MR) is 93.3 cm³/mol. The molecule has 0 aliphatic carbocycles. The molecule has 128 valence electrons. The highest BCUT2D eigenvalue weighted by Gasteiger charge is 2.04. The number of phenols is 1. The van der Waals surface area contributed by atoms with Crippen LogP contribution < -0.4 is 21.0 Å². The largest absolute Gasteiger partial charge is 0.508 e. The highest BCUT2D eigenvalue weighted by Crippen LogP contribution is 2.20. The number of fused-ring (bicyclic) bond motifs is 1. The van der Waals surface area contributed by atoms with Crippen LogP contribution in [0.1, 0.15) is 5.56 Å². The number of urea groups is 1. The molecule has 0 fully saturated rings. The summed E-state index contributed by atoms with van der Waals surface area (Å²) >= 11 is 0. The number of carbonyl (C=O) groups excluding carboxylic acids is 1. The summed E-state index contributed by atoms with van der Waals surface area (Å²) in [6, 6.07) is 12.9. The lowest BCUT2D eigenvalue weighted by atomic mass is 10.1. The fourth-order valence-corrected chi connectivity index (χ4v) is 2.32. The van der Waals surface area contributed by atoms with E-state index >= 15 is 0 Å². The normalized spacial score (nSPS) is 11.4. The Bertz CT molecular complexity index is 978. The first-order valence-corrected chi connectivity index (χ1v) is 7.53. The van der Waals surface area contributed by atoms with Gasteiger partial charge in [0.1, 0.15) is 17.1 Å². The minimum atomic E-state index is -0.506. The van der Waals surface area contributed by atoms with Gasteiger partial charge in [0, 0.05) is 23.2 Å². The lowest BCUT2D eigenvalue weighted by Crippen LogP contribution is -2.26. The quantitative estimate of drug-likeness (QED) is 0.639. The summed E-state index contributed by atoms with van der Waals surface area (Å²) in [4.78, 5) is 11.9. The van der Waals surface area contributed by atoms with Gasteiger partial charge < -0.3 is 19.6 Å². The van der Waals surface area contributed by atoms with E-state index in [1.807, 2.05) is 6.92 Å². The summed E-state index contributed by atoms with van der Waals surface area (Å²) < 4.78 is 10.6. The van der Waals surface area contributed by atoms with Crippen LogP contribution in [0.2, 0.25) is 0 Å². The second kappa shape index (κ2) is 6.96. The van der Waals surface area contributed by atoms with E-state index in [-0.39, 0.29) is 11.3 Å². The van der Waals surface area contributed by atoms with Gasteiger partial charge in [0.15, 0.2) is 0 Å². The molecule has 3 rings (SSSR count). The van der Waals surface area contributed by atoms with Crippen molar-refractivity contribution in [3.8, 4) is 11.5 Å². The molecule has 1 aromatic heterocycles. The van der Waals surface area contributed by atoms with Crippen molar-refractivity contribution >= 4 is 22.7 Å². The summed E-state index contributed by atoms with van der Waals surface area (Å²) in [5.41, 5.74) is 4.59. The van der Waals surface area contributed by atoms with Crippen molar-refractivity contribution in [1.82, 2.24) is 5.43 Å². The Morgan fingerprint density at radius 3 is 2.64 bits per heavy atom. The molecule has 0 spiro atoms. The van der Waals surface area contributed by atoms with E-state index in [0.29, 0.717) is 17.0 Å². The average Bonchev–Trinajstić information content (AvgIpc) is 2.60. The highest BCUT2D eigenvalue weighted by molar-refractivity contribution is 5.89. The molecule has 1 heterocycles. The first kappa shape index (κ1) is 16.4. The van der Waals surface area contributed by atoms with Crippen LogP contribution in [-0.4, -0.2) is 18.2 Å². The zero-order chi connectivity index (χ0) is 17.8. The van der Waals surface area contributed by atoms with E-state index in [0.717, 1.165) is 10.9 Å². The van der Waals surface area contributed by atoms with Crippen molar-refractivity contribution in [2.75, 3.05) is 12.4 Å². The number of amides is 2. The van der Waals surface area contributed by atoms with E-state index in [1.165, 1.54) is 6.07 Å². The molecule has 25 heavy (non-hydrogen) atoms. The molecule has 0 bridgehead atoms. The smallest absolute Gasteiger partial charge is 0.339 e. The molecule has 7 heteroatoms. The minimum Gasteiger partial charge on any atom is -0.508 e. The number of hydrogen-bond donors (Lipinski definition) is 3. The van der Waals surface area contributed by atoms with E-state index in [4.69, 9.17) is 9.15 Å². The third-order valence-corrected chi connectivity index (χ3v) is 3.56. The number of aryl methyl sites for hydroxylation is 1. The van der Waals surface area contributed by atoms with E-state index in [9.17, 15) is 9.90 Å². The topological polar surface area (TPSA) is 96.1 Å². The number of nitrogens with zero attached hydrogens (tertiary/aromatic N) is 1. The molecular formula is C18H17N3O4. The van der Waals surface area contributed by atoms with Gasteiger partial charge in [-0.15, -0.1) is 5.10 Å². The number of ether oxygens (including phenoxy) is 1. The van der Waals surface area contributed by atoms with Crippen LogP contribution in [0, 0.1) is 6.92 Å². The maximum absolute atomic E-state index is 11.9. The molecule has 7 nitrogen and oxygen atoms in total. The van der Waals surface area contributed by atoms with Gasteiger partial charge >= 0.3 is 6.03 Å². The van der Waals surface area contributed by atoms with Crippen LogP contribution in [0.15, 0.2) is 58.0 Å². The molecule has 0 saturated carbocycles. The number of hydrogen-bond acceptors (Lipinski definition) is 5. The summed E-state index contributed by atoms with van der Waals surface area (Å²) in [5, 5.41) is 17.0. The Morgan fingerprint density at radius 2 is 1.92 bits per heavy atom. The van der Waals surface area contributed by atoms with Crippen molar-refractivity contribution in [3.63, 3.8) is 0 Å². The summed E-state index contributed by atoms with van der Waals surface area (Å²) in [5.74, 6) is 0.794. The number of benzene rings is 2. The number of nitrogens with one attached hydrogen (secondary N) is 2. The van der Waals surface area contributed by atoms with Gasteiger partial charge in [-0.2, -0.15) is 0 Å². The van der Waals surface area contributed by atoms with Gasteiger partial charge in [0.2, 0.25) is 5.55 Å². The van der Waals surface area contributed by atoms with Gasteiger partial charge in [-0.3, -0.25) is 0 Å². The maximum atomic E-state index is 11.9. The molecule has 2 aromatic carbocycles. The van der Waals surface area contributed by atoms with Crippen LogP contribution in [0.25, 0.3) is 11.0 Å². The summed E-state index contributed by atoms with van der Waals surface area (Å²) in [6.45, 7) is 1.89. The Balaban J connectivity index is 1.76. The van der Waals surface area contributed by atoms with E-state index in [2.05, 4.69) is 15.8 Å². The van der Waals surface area contributed by atoms with Crippen LogP contribution >= 0.6 is 0 Å². The molecule has 0 atom stereocenters. The standard InChI is InChI=1S/C18H17N3O4/c1-11-9-17(25-16-10-13(22)5-8-15(11)16)20-21-18(23)19-12-3-6-14(24-2)7-4-12/h3-10,22H,1-2H3,(H2,19,21,23)/b20-17+. The third-order valence-electron chi connectivity index (χ3n) is 3.56. The Morgan fingerprint density at radius 1 is 1.16 bits per heavy atom. The lowest BCUT2D eigenvalue weighted by molar-refractivity contribution is 0.251. The van der Waals surface area contributed by atoms with Gasteiger partial charge in [-0.25, -0.2) is 10.2 Å². The number of aromatic hydroxyl groups is 1. The lowest BCUT2D eigenvalue weighted by Gasteiger charge is -2.05. The molecule has 2 amide bonds. The Hall–Kier alpha value is -3.48. The average molecular weight is 339 g/mol. The van der Waals surface area contributed by atoms with Gasteiger partial charge in [-0.05, 0) is 48.9 Å². The Kier molecular flexibility index (Phi) is 4.56. The number of carbonyl (C=O) groups is 1. The van der Waals surface area contributed by atoms with Crippen LogP contribution in [-0.2, 0) is 0 Å². The van der Waals surface area contributed by atoms with Crippen LogP contribution in [0.4, 0.5) is 10.5 Å². The molecule has 0 aliphatic heterocycles. The van der Waals surface area contributed by atoms with Crippen molar-refractivity contribution < 1.29 is 19.1 Å². The highest BCUT2D eigenvalue weighted by atomic mass is 16.5. The van der Waals surface area contributed by atoms with Crippen molar-refractivity contribution in [3.05, 3.63) is 59.6 Å². The molecule has 3 aromatic rings. The van der Waals surface area contributed by atoms with Gasteiger partial charge in [0.25, 0.3) is 0 Å². The number of phenolic OH excluding ortho intramolecular Hbond substituents is 1. The van der Waals surface area contributed by atoms with Gasteiger partial charge in [0.05, 0.1) is 7.11 Å². The molecule has 3 N–H and O–H groups in total. The minimum absolute atomic E-state index is 0.0954. The first-order chi connectivity index (χ1) is 12.0. The molecule has 0 saturated heterocycles. The van der Waals surface area contributed by atoms with Gasteiger partial charge in [-0.1, -0.05) is 0 Å². The van der Waals surface area contributed by atoms with E-state index < -0.39 is 6.03 Å². The maximum Gasteiger partial charge on any atom is 0.339 e. The second-order valence-electron chi connectivity index (χ2n) is 5.35. The monoisotopic (exact) mass is 339 g/mol. The molecule has 0 unspecified atom stereocenters.